The molecule has 112 valence electrons. The maximum atomic E-state index is 13.7. The number of rotatable bonds is 3. The van der Waals surface area contributed by atoms with Gasteiger partial charge in [-0.05, 0) is 18.9 Å². The Morgan fingerprint density at radius 2 is 2.05 bits per heavy atom. The fourth-order valence-corrected chi connectivity index (χ4v) is 6.83. The Hall–Kier alpha value is -0.660. The highest BCUT2D eigenvalue weighted by molar-refractivity contribution is 7.95. The third kappa shape index (κ3) is 3.51. The summed E-state index contributed by atoms with van der Waals surface area (Å²) in [6.07, 6.45) is 0.619. The molecule has 0 bridgehead atoms. The molecule has 1 fully saturated rings. The molecule has 1 atom stereocenters. The maximum Gasteiger partial charge on any atom is 0.158 e. The summed E-state index contributed by atoms with van der Waals surface area (Å²) in [5.41, 5.74) is -0.0273. The minimum absolute atomic E-state index is 0.0184. The van der Waals surface area contributed by atoms with Gasteiger partial charge in [0.25, 0.3) is 0 Å². The van der Waals surface area contributed by atoms with Crippen LogP contribution in [0.4, 0.5) is 4.39 Å². The first-order chi connectivity index (χ1) is 9.21. The number of hydrogen-bond acceptors (Lipinski definition) is 4. The van der Waals surface area contributed by atoms with E-state index in [1.807, 2.05) is 0 Å². The van der Waals surface area contributed by atoms with E-state index in [-0.39, 0.29) is 22.1 Å². The van der Waals surface area contributed by atoms with Crippen LogP contribution in [0.15, 0.2) is 18.2 Å². The van der Waals surface area contributed by atoms with E-state index < -0.39 is 36.5 Å². The van der Waals surface area contributed by atoms with Crippen LogP contribution >= 0.6 is 11.6 Å². The van der Waals surface area contributed by atoms with Crippen molar-refractivity contribution in [1.82, 2.24) is 0 Å². The van der Waals surface area contributed by atoms with Crippen LogP contribution in [0.2, 0.25) is 5.02 Å². The normalized spacial score (nSPS) is 22.6. The summed E-state index contributed by atoms with van der Waals surface area (Å²) in [7, 11) is -7.05. The van der Waals surface area contributed by atoms with Gasteiger partial charge in [-0.25, -0.2) is 21.2 Å². The van der Waals surface area contributed by atoms with E-state index in [2.05, 4.69) is 0 Å². The van der Waals surface area contributed by atoms with Crippen LogP contribution in [0.25, 0.3) is 0 Å². The van der Waals surface area contributed by atoms with Crippen LogP contribution in [0.5, 0.6) is 0 Å². The molecule has 1 heterocycles. The molecule has 1 aliphatic rings. The first kappa shape index (κ1) is 15.7. The van der Waals surface area contributed by atoms with Crippen LogP contribution in [-0.4, -0.2) is 33.6 Å². The third-order valence-corrected chi connectivity index (χ3v) is 7.77. The Morgan fingerprint density at radius 1 is 1.35 bits per heavy atom. The highest BCUT2D eigenvalue weighted by atomic mass is 35.5. The van der Waals surface area contributed by atoms with Gasteiger partial charge in [0.1, 0.15) is 5.82 Å². The Kier molecular flexibility index (Phi) is 4.41. The van der Waals surface area contributed by atoms with Crippen molar-refractivity contribution in [3.05, 3.63) is 34.6 Å². The quantitative estimate of drug-likeness (QED) is 0.843. The molecule has 4 nitrogen and oxygen atoms in total. The topological polar surface area (TPSA) is 68.3 Å². The highest BCUT2D eigenvalue weighted by Crippen LogP contribution is 2.25. The van der Waals surface area contributed by atoms with Gasteiger partial charge in [-0.3, -0.25) is 0 Å². The summed E-state index contributed by atoms with van der Waals surface area (Å²) in [5.74, 6) is -1.65. The van der Waals surface area contributed by atoms with Gasteiger partial charge in [0.15, 0.2) is 19.7 Å². The lowest BCUT2D eigenvalue weighted by Gasteiger charge is -2.22. The molecule has 2 rings (SSSR count). The first-order valence-electron chi connectivity index (χ1n) is 6.06. The monoisotopic (exact) mass is 340 g/mol. The van der Waals surface area contributed by atoms with E-state index >= 15 is 0 Å². The van der Waals surface area contributed by atoms with Crippen molar-refractivity contribution in [3.8, 4) is 0 Å². The molecule has 0 radical (unpaired) electrons. The second-order valence-electron chi connectivity index (χ2n) is 4.90. The molecule has 1 saturated heterocycles. The molecule has 0 saturated carbocycles. The summed E-state index contributed by atoms with van der Waals surface area (Å²) in [4.78, 5) is 0. The fraction of sp³-hybridized carbons (Fsp3) is 0.500. The second kappa shape index (κ2) is 5.61. The molecule has 8 heteroatoms. The maximum absolute atomic E-state index is 13.7. The molecule has 0 amide bonds. The first-order valence-corrected chi connectivity index (χ1v) is 9.98. The smallest absolute Gasteiger partial charge is 0.158 e. The van der Waals surface area contributed by atoms with E-state index in [4.69, 9.17) is 11.6 Å². The molecular weight excluding hydrogens is 327 g/mol. The lowest BCUT2D eigenvalue weighted by Crippen LogP contribution is -2.36. The van der Waals surface area contributed by atoms with Crippen molar-refractivity contribution in [2.45, 2.75) is 23.8 Å². The average molecular weight is 341 g/mol. The Balaban J connectivity index is 2.25. The van der Waals surface area contributed by atoms with Crippen LogP contribution in [0.3, 0.4) is 0 Å². The third-order valence-electron chi connectivity index (χ3n) is 3.32. The molecular formula is C12H14ClFO4S2. The van der Waals surface area contributed by atoms with E-state index in [0.717, 1.165) is 0 Å². The Bertz CT molecular complexity index is 713. The number of hydrogen-bond donors (Lipinski definition) is 0. The van der Waals surface area contributed by atoms with Gasteiger partial charge in [-0.15, -0.1) is 0 Å². The van der Waals surface area contributed by atoms with Crippen molar-refractivity contribution in [3.63, 3.8) is 0 Å². The minimum Gasteiger partial charge on any atom is -0.229 e. The summed E-state index contributed by atoms with van der Waals surface area (Å²) < 4.78 is 61.2. The lowest BCUT2D eigenvalue weighted by atomic mass is 10.2. The molecule has 20 heavy (non-hydrogen) atoms. The van der Waals surface area contributed by atoms with Crippen molar-refractivity contribution >= 4 is 31.3 Å². The van der Waals surface area contributed by atoms with Gasteiger partial charge >= 0.3 is 0 Å². The Labute approximate surface area is 122 Å². The van der Waals surface area contributed by atoms with Gasteiger partial charge in [0.05, 0.1) is 27.5 Å². The van der Waals surface area contributed by atoms with E-state index in [0.29, 0.717) is 12.8 Å². The average Bonchev–Trinajstić information content (AvgIpc) is 2.33. The summed E-state index contributed by atoms with van der Waals surface area (Å²) >= 11 is 5.61. The summed E-state index contributed by atoms with van der Waals surface area (Å²) in [6, 6.07) is 4.14. The minimum atomic E-state index is -3.72. The van der Waals surface area contributed by atoms with Crippen LogP contribution in [-0.2, 0) is 25.4 Å². The van der Waals surface area contributed by atoms with Gasteiger partial charge in [-0.1, -0.05) is 23.7 Å². The molecule has 1 aliphatic heterocycles. The lowest BCUT2D eigenvalue weighted by molar-refractivity contribution is 0.549. The number of sulfone groups is 2. The van der Waals surface area contributed by atoms with Gasteiger partial charge in [-0.2, -0.15) is 0 Å². The van der Waals surface area contributed by atoms with Crippen molar-refractivity contribution in [2.24, 2.45) is 0 Å². The van der Waals surface area contributed by atoms with Gasteiger partial charge in [0.2, 0.25) is 0 Å². The molecule has 0 aromatic heterocycles. The van der Waals surface area contributed by atoms with Crippen molar-refractivity contribution in [2.75, 3.05) is 11.5 Å². The summed E-state index contributed by atoms with van der Waals surface area (Å²) in [6.45, 7) is 0. The standard InChI is InChI=1S/C12H14ClFO4S2/c13-11-5-1-3-9(12(11)14)7-20(17,18)10-4-2-6-19(15,16)8-10/h1,3,5,10H,2,4,6-8H2. The number of benzene rings is 1. The van der Waals surface area contributed by atoms with Crippen molar-refractivity contribution < 1.29 is 21.2 Å². The van der Waals surface area contributed by atoms with Crippen molar-refractivity contribution in [1.29, 1.82) is 0 Å². The second-order valence-corrected chi connectivity index (χ2v) is 9.82. The predicted octanol–water partition coefficient (Wildman–Crippen LogP) is 1.97. The molecule has 1 unspecified atom stereocenters. The van der Waals surface area contributed by atoms with Gasteiger partial charge < -0.3 is 0 Å². The zero-order valence-electron chi connectivity index (χ0n) is 10.6. The van der Waals surface area contributed by atoms with Crippen LogP contribution in [0.1, 0.15) is 18.4 Å². The SMILES string of the molecule is O=S1(=O)CCCC(S(=O)(=O)Cc2cccc(Cl)c2F)C1. The van der Waals surface area contributed by atoms with E-state index in [9.17, 15) is 21.2 Å². The van der Waals surface area contributed by atoms with E-state index in [1.54, 1.807) is 0 Å². The van der Waals surface area contributed by atoms with Crippen LogP contribution < -0.4 is 0 Å². The molecule has 1 aromatic carbocycles. The zero-order chi connectivity index (χ0) is 15.0. The summed E-state index contributed by atoms with van der Waals surface area (Å²) in [5, 5.41) is -1.10. The number of halogens is 2. The molecule has 0 N–H and O–H groups in total. The zero-order valence-corrected chi connectivity index (χ0v) is 12.9. The Morgan fingerprint density at radius 3 is 2.70 bits per heavy atom. The molecule has 0 aliphatic carbocycles. The highest BCUT2D eigenvalue weighted by Gasteiger charge is 2.34. The van der Waals surface area contributed by atoms with Crippen LogP contribution in [0, 0.1) is 5.82 Å². The largest absolute Gasteiger partial charge is 0.229 e. The molecule has 1 aromatic rings. The predicted molar refractivity (Wildman–Crippen MR) is 75.7 cm³/mol. The van der Waals surface area contributed by atoms with Gasteiger partial charge in [0, 0.05) is 5.56 Å². The van der Waals surface area contributed by atoms with E-state index in [1.165, 1.54) is 18.2 Å². The molecule has 0 spiro atoms. The fourth-order valence-electron chi connectivity index (χ4n) is 2.26.